The van der Waals surface area contributed by atoms with Crippen molar-refractivity contribution in [2.24, 2.45) is 7.05 Å². The van der Waals surface area contributed by atoms with Crippen LogP contribution < -0.4 is 5.32 Å². The molecule has 0 radical (unpaired) electrons. The van der Waals surface area contributed by atoms with Gasteiger partial charge in [0.15, 0.2) is 5.16 Å². The van der Waals surface area contributed by atoms with E-state index in [1.807, 2.05) is 11.6 Å². The van der Waals surface area contributed by atoms with Crippen LogP contribution in [0.15, 0.2) is 39.1 Å². The second-order valence-corrected chi connectivity index (χ2v) is 5.76. The first-order chi connectivity index (χ1) is 8.70. The van der Waals surface area contributed by atoms with Crippen molar-refractivity contribution in [2.45, 2.75) is 23.5 Å². The average Bonchev–Trinajstić information content (AvgIpc) is 2.74. The standard InChI is InChI=1S/C12H15BrN4S/c1-3-14-7-9-4-5-10(6-11(9)13)18-12-16-15-8-17(12)2/h4-6,8,14H,3,7H2,1-2H3. The molecule has 0 aliphatic rings. The summed E-state index contributed by atoms with van der Waals surface area (Å²) < 4.78 is 3.03. The first kappa shape index (κ1) is 13.6. The highest BCUT2D eigenvalue weighted by Crippen LogP contribution is 2.29. The molecule has 0 amide bonds. The molecule has 0 aliphatic carbocycles. The number of nitrogens with one attached hydrogen (secondary N) is 1. The minimum atomic E-state index is 0.881. The Morgan fingerprint density at radius 2 is 2.28 bits per heavy atom. The summed E-state index contributed by atoms with van der Waals surface area (Å²) in [6, 6.07) is 6.36. The van der Waals surface area contributed by atoms with E-state index in [0.29, 0.717) is 0 Å². The van der Waals surface area contributed by atoms with E-state index in [-0.39, 0.29) is 0 Å². The fraction of sp³-hybridized carbons (Fsp3) is 0.333. The van der Waals surface area contributed by atoms with Crippen LogP contribution in [0.5, 0.6) is 0 Å². The normalized spacial score (nSPS) is 10.8. The van der Waals surface area contributed by atoms with E-state index in [1.54, 1.807) is 18.1 Å². The fourth-order valence-electron chi connectivity index (χ4n) is 1.46. The molecule has 18 heavy (non-hydrogen) atoms. The highest BCUT2D eigenvalue weighted by atomic mass is 79.9. The lowest BCUT2D eigenvalue weighted by Crippen LogP contribution is -2.11. The van der Waals surface area contributed by atoms with Gasteiger partial charge in [0.2, 0.25) is 0 Å². The molecular weight excluding hydrogens is 312 g/mol. The fourth-order valence-corrected chi connectivity index (χ4v) is 2.94. The van der Waals surface area contributed by atoms with E-state index in [0.717, 1.165) is 27.6 Å². The zero-order valence-electron chi connectivity index (χ0n) is 10.4. The number of aromatic nitrogens is 3. The summed E-state index contributed by atoms with van der Waals surface area (Å²) in [5.74, 6) is 0. The third-order valence-electron chi connectivity index (χ3n) is 2.47. The summed E-state index contributed by atoms with van der Waals surface area (Å²) in [5.41, 5.74) is 1.26. The predicted molar refractivity (Wildman–Crippen MR) is 76.6 cm³/mol. The number of hydrogen-bond donors (Lipinski definition) is 1. The molecule has 1 N–H and O–H groups in total. The Labute approximate surface area is 119 Å². The van der Waals surface area contributed by atoms with E-state index < -0.39 is 0 Å². The van der Waals surface area contributed by atoms with Gasteiger partial charge >= 0.3 is 0 Å². The second kappa shape index (κ2) is 6.36. The molecule has 0 bridgehead atoms. The monoisotopic (exact) mass is 326 g/mol. The van der Waals surface area contributed by atoms with E-state index in [1.165, 1.54) is 5.56 Å². The first-order valence-electron chi connectivity index (χ1n) is 5.71. The molecular formula is C12H15BrN4S. The maximum atomic E-state index is 4.06. The van der Waals surface area contributed by atoms with Crippen LogP contribution in [0.25, 0.3) is 0 Å². The van der Waals surface area contributed by atoms with Gasteiger partial charge in [-0.15, -0.1) is 10.2 Å². The van der Waals surface area contributed by atoms with Crippen LogP contribution >= 0.6 is 27.7 Å². The molecule has 1 heterocycles. The third-order valence-corrected chi connectivity index (χ3v) is 4.25. The van der Waals surface area contributed by atoms with E-state index in [4.69, 9.17) is 0 Å². The van der Waals surface area contributed by atoms with Crippen molar-refractivity contribution in [3.05, 3.63) is 34.6 Å². The van der Waals surface area contributed by atoms with Gasteiger partial charge in [0.25, 0.3) is 0 Å². The topological polar surface area (TPSA) is 42.7 Å². The largest absolute Gasteiger partial charge is 0.313 e. The summed E-state index contributed by atoms with van der Waals surface area (Å²) in [6.45, 7) is 3.96. The van der Waals surface area contributed by atoms with Crippen LogP contribution in [-0.2, 0) is 13.6 Å². The SMILES string of the molecule is CCNCc1ccc(Sc2nncn2C)cc1Br. The Kier molecular flexibility index (Phi) is 4.79. The predicted octanol–water partition coefficient (Wildman–Crippen LogP) is 2.84. The van der Waals surface area contributed by atoms with Crippen molar-refractivity contribution < 1.29 is 0 Å². The molecule has 0 spiro atoms. The number of benzene rings is 1. The van der Waals surface area contributed by atoms with Crippen LogP contribution in [0.3, 0.4) is 0 Å². The molecule has 2 aromatic rings. The van der Waals surface area contributed by atoms with E-state index >= 15 is 0 Å². The average molecular weight is 327 g/mol. The van der Waals surface area contributed by atoms with Crippen molar-refractivity contribution in [3.63, 3.8) is 0 Å². The highest BCUT2D eigenvalue weighted by molar-refractivity contribution is 9.10. The number of hydrogen-bond acceptors (Lipinski definition) is 4. The number of nitrogens with zero attached hydrogens (tertiary/aromatic N) is 3. The zero-order chi connectivity index (χ0) is 13.0. The Morgan fingerprint density at radius 3 is 2.89 bits per heavy atom. The molecule has 6 heteroatoms. The van der Waals surface area contributed by atoms with E-state index in [9.17, 15) is 0 Å². The Hall–Kier alpha value is -0.850. The van der Waals surface area contributed by atoms with Crippen LogP contribution in [-0.4, -0.2) is 21.3 Å². The van der Waals surface area contributed by atoms with Gasteiger partial charge in [0.05, 0.1) is 0 Å². The van der Waals surface area contributed by atoms with Gasteiger partial charge in [-0.25, -0.2) is 0 Å². The molecule has 0 saturated heterocycles. The maximum Gasteiger partial charge on any atom is 0.195 e. The van der Waals surface area contributed by atoms with Crippen molar-refractivity contribution in [2.75, 3.05) is 6.54 Å². The lowest BCUT2D eigenvalue weighted by molar-refractivity contribution is 0.724. The second-order valence-electron chi connectivity index (χ2n) is 3.86. The van der Waals surface area contributed by atoms with Crippen LogP contribution in [0.2, 0.25) is 0 Å². The van der Waals surface area contributed by atoms with Crippen LogP contribution in [0.4, 0.5) is 0 Å². The van der Waals surface area contributed by atoms with Gasteiger partial charge in [-0.3, -0.25) is 0 Å². The van der Waals surface area contributed by atoms with Crippen LogP contribution in [0.1, 0.15) is 12.5 Å². The lowest BCUT2D eigenvalue weighted by Gasteiger charge is -2.07. The molecule has 96 valence electrons. The Morgan fingerprint density at radius 1 is 1.44 bits per heavy atom. The van der Waals surface area contributed by atoms with Gasteiger partial charge in [0, 0.05) is 23.0 Å². The third kappa shape index (κ3) is 3.34. The van der Waals surface area contributed by atoms with Crippen molar-refractivity contribution in [1.82, 2.24) is 20.1 Å². The van der Waals surface area contributed by atoms with Crippen molar-refractivity contribution in [3.8, 4) is 0 Å². The Balaban J connectivity index is 2.11. The molecule has 1 aromatic heterocycles. The quantitative estimate of drug-likeness (QED) is 0.917. The molecule has 0 atom stereocenters. The molecule has 0 saturated carbocycles. The Bertz CT molecular complexity index is 527. The smallest absolute Gasteiger partial charge is 0.195 e. The van der Waals surface area contributed by atoms with Crippen LogP contribution in [0, 0.1) is 0 Å². The van der Waals surface area contributed by atoms with Gasteiger partial charge < -0.3 is 9.88 Å². The zero-order valence-corrected chi connectivity index (χ0v) is 12.8. The molecule has 0 unspecified atom stereocenters. The minimum Gasteiger partial charge on any atom is -0.313 e. The van der Waals surface area contributed by atoms with Gasteiger partial charge in [-0.2, -0.15) is 0 Å². The highest BCUT2D eigenvalue weighted by Gasteiger charge is 2.06. The summed E-state index contributed by atoms with van der Waals surface area (Å²) in [4.78, 5) is 1.15. The first-order valence-corrected chi connectivity index (χ1v) is 7.32. The molecule has 2 rings (SSSR count). The van der Waals surface area contributed by atoms with Crippen molar-refractivity contribution in [1.29, 1.82) is 0 Å². The maximum absolute atomic E-state index is 4.06. The molecule has 1 aromatic carbocycles. The summed E-state index contributed by atoms with van der Waals surface area (Å²) in [5, 5.41) is 12.1. The minimum absolute atomic E-state index is 0.881. The molecule has 4 nitrogen and oxygen atoms in total. The summed E-state index contributed by atoms with van der Waals surface area (Å²) >= 11 is 5.21. The summed E-state index contributed by atoms with van der Waals surface area (Å²) in [7, 11) is 1.94. The summed E-state index contributed by atoms with van der Waals surface area (Å²) in [6.07, 6.45) is 1.71. The van der Waals surface area contributed by atoms with E-state index in [2.05, 4.69) is 56.6 Å². The number of halogens is 1. The van der Waals surface area contributed by atoms with Gasteiger partial charge in [-0.05, 0) is 36.0 Å². The number of rotatable bonds is 5. The molecule has 0 aliphatic heterocycles. The molecule has 0 fully saturated rings. The lowest BCUT2D eigenvalue weighted by atomic mass is 10.2. The van der Waals surface area contributed by atoms with Gasteiger partial charge in [-0.1, -0.05) is 28.9 Å². The van der Waals surface area contributed by atoms with Gasteiger partial charge in [0.1, 0.15) is 6.33 Å². The number of aryl methyl sites for hydroxylation is 1. The van der Waals surface area contributed by atoms with Crippen molar-refractivity contribution >= 4 is 27.7 Å².